The van der Waals surface area contributed by atoms with Gasteiger partial charge in [0.25, 0.3) is 5.91 Å². The summed E-state index contributed by atoms with van der Waals surface area (Å²) in [5.74, 6) is 0.319. The molecule has 0 aliphatic carbocycles. The minimum atomic E-state index is -0.302. The van der Waals surface area contributed by atoms with Crippen LogP contribution >= 0.6 is 46.1 Å². The van der Waals surface area contributed by atoms with Crippen molar-refractivity contribution in [1.29, 1.82) is 0 Å². The van der Waals surface area contributed by atoms with Crippen molar-refractivity contribution in [3.63, 3.8) is 0 Å². The molecule has 1 N–H and O–H groups in total. The van der Waals surface area contributed by atoms with Gasteiger partial charge in [0.05, 0.1) is 10.0 Å². The number of thiophene rings is 1. The Balaban J connectivity index is 1.99. The molecule has 20 heavy (non-hydrogen) atoms. The summed E-state index contributed by atoms with van der Waals surface area (Å²) in [5, 5.41) is 4.75. The monoisotopic (exact) mass is 343 g/mol. The van der Waals surface area contributed by atoms with Crippen LogP contribution in [0.2, 0.25) is 10.0 Å². The highest BCUT2D eigenvalue weighted by Crippen LogP contribution is 2.39. The average molecular weight is 344 g/mol. The maximum Gasteiger partial charge on any atom is 0.269 e. The fraction of sp³-hybridized carbons (Fsp3) is 0.0833. The number of aryl methyl sites for hydroxylation is 1. The van der Waals surface area contributed by atoms with Crippen LogP contribution in [-0.4, -0.2) is 15.3 Å². The Labute approximate surface area is 132 Å². The lowest BCUT2D eigenvalue weighted by molar-refractivity contribution is 0.103. The Bertz CT molecular complexity index is 812. The van der Waals surface area contributed by atoms with Crippen molar-refractivity contribution in [2.24, 2.45) is 0 Å². The SMILES string of the molecule is Cc1nsc(NC(=O)c2sc3cccc(Cl)c3c2Cl)n1. The second-order valence-corrected chi connectivity index (χ2v) is 6.55. The molecule has 0 aliphatic heterocycles. The van der Waals surface area contributed by atoms with E-state index in [0.29, 0.717) is 31.3 Å². The molecular formula is C12H7Cl2N3OS2. The molecular weight excluding hydrogens is 337 g/mol. The van der Waals surface area contributed by atoms with Gasteiger partial charge in [-0.15, -0.1) is 11.3 Å². The highest BCUT2D eigenvalue weighted by Gasteiger charge is 2.19. The summed E-state index contributed by atoms with van der Waals surface area (Å²) >= 11 is 14.8. The zero-order valence-electron chi connectivity index (χ0n) is 10.1. The molecule has 0 saturated heterocycles. The maximum atomic E-state index is 12.2. The second kappa shape index (κ2) is 5.29. The molecule has 4 nitrogen and oxygen atoms in total. The third kappa shape index (κ3) is 2.40. The lowest BCUT2D eigenvalue weighted by Gasteiger charge is -1.98. The Morgan fingerprint density at radius 3 is 2.80 bits per heavy atom. The summed E-state index contributed by atoms with van der Waals surface area (Å²) in [7, 11) is 0. The quantitative estimate of drug-likeness (QED) is 0.738. The van der Waals surface area contributed by atoms with E-state index in [1.807, 2.05) is 12.1 Å². The summed E-state index contributed by atoms with van der Waals surface area (Å²) in [6, 6.07) is 5.45. The van der Waals surface area contributed by atoms with Gasteiger partial charge in [-0.1, -0.05) is 29.3 Å². The number of hydrogen-bond donors (Lipinski definition) is 1. The van der Waals surface area contributed by atoms with Crippen molar-refractivity contribution in [3.05, 3.63) is 38.9 Å². The fourth-order valence-electron chi connectivity index (χ4n) is 1.72. The Kier molecular flexibility index (Phi) is 3.64. The Morgan fingerprint density at radius 2 is 2.15 bits per heavy atom. The van der Waals surface area contributed by atoms with Gasteiger partial charge in [0.15, 0.2) is 0 Å². The second-order valence-electron chi connectivity index (χ2n) is 3.96. The lowest BCUT2D eigenvalue weighted by Crippen LogP contribution is -2.10. The van der Waals surface area contributed by atoms with Crippen LogP contribution in [0.1, 0.15) is 15.5 Å². The maximum absolute atomic E-state index is 12.2. The van der Waals surface area contributed by atoms with E-state index in [-0.39, 0.29) is 5.91 Å². The highest BCUT2D eigenvalue weighted by molar-refractivity contribution is 7.22. The molecule has 0 fully saturated rings. The number of nitrogens with one attached hydrogen (secondary N) is 1. The number of carbonyl (C=O) groups is 1. The number of aromatic nitrogens is 2. The third-order valence-electron chi connectivity index (χ3n) is 2.56. The van der Waals surface area contributed by atoms with Crippen LogP contribution in [0.15, 0.2) is 18.2 Å². The Hall–Kier alpha value is -1.21. The minimum absolute atomic E-state index is 0.302. The van der Waals surface area contributed by atoms with E-state index in [1.165, 1.54) is 11.3 Å². The van der Waals surface area contributed by atoms with Gasteiger partial charge in [0.2, 0.25) is 5.13 Å². The van der Waals surface area contributed by atoms with Crippen molar-refractivity contribution in [2.45, 2.75) is 6.92 Å². The van der Waals surface area contributed by atoms with Crippen molar-refractivity contribution in [1.82, 2.24) is 9.36 Å². The van der Waals surface area contributed by atoms with Crippen LogP contribution in [0.4, 0.5) is 5.13 Å². The highest BCUT2D eigenvalue weighted by atomic mass is 35.5. The predicted octanol–water partition coefficient (Wildman–Crippen LogP) is 4.62. The first kappa shape index (κ1) is 13.8. The number of carbonyl (C=O) groups excluding carboxylic acids is 1. The normalized spacial score (nSPS) is 10.9. The molecule has 1 aromatic carbocycles. The van der Waals surface area contributed by atoms with Crippen molar-refractivity contribution >= 4 is 67.2 Å². The first-order chi connectivity index (χ1) is 9.56. The van der Waals surface area contributed by atoms with Crippen LogP contribution in [0.3, 0.4) is 0 Å². The number of rotatable bonds is 2. The number of halogens is 2. The van der Waals surface area contributed by atoms with Gasteiger partial charge < -0.3 is 0 Å². The average Bonchev–Trinajstić information content (AvgIpc) is 2.95. The summed E-state index contributed by atoms with van der Waals surface area (Å²) in [5.41, 5.74) is 0. The lowest BCUT2D eigenvalue weighted by atomic mass is 10.2. The summed E-state index contributed by atoms with van der Waals surface area (Å²) in [6.45, 7) is 1.76. The zero-order valence-corrected chi connectivity index (χ0v) is 13.3. The van der Waals surface area contributed by atoms with Crippen LogP contribution in [0, 0.1) is 6.92 Å². The molecule has 0 spiro atoms. The molecule has 2 aromatic heterocycles. The number of fused-ring (bicyclic) bond motifs is 1. The molecule has 0 unspecified atom stereocenters. The van der Waals surface area contributed by atoms with Crippen LogP contribution in [0.5, 0.6) is 0 Å². The Morgan fingerprint density at radius 1 is 1.35 bits per heavy atom. The molecule has 3 rings (SSSR count). The van der Waals surface area contributed by atoms with Crippen molar-refractivity contribution in [2.75, 3.05) is 5.32 Å². The molecule has 1 amide bonds. The number of hydrogen-bond acceptors (Lipinski definition) is 5. The van der Waals surface area contributed by atoms with E-state index in [0.717, 1.165) is 16.2 Å². The third-order valence-corrected chi connectivity index (χ3v) is 5.24. The van der Waals surface area contributed by atoms with Gasteiger partial charge in [0.1, 0.15) is 10.7 Å². The van der Waals surface area contributed by atoms with Crippen molar-refractivity contribution < 1.29 is 4.79 Å². The number of anilines is 1. The van der Waals surface area contributed by atoms with Crippen LogP contribution in [0.25, 0.3) is 10.1 Å². The zero-order chi connectivity index (χ0) is 14.3. The number of benzene rings is 1. The van der Waals surface area contributed by atoms with Crippen LogP contribution < -0.4 is 5.32 Å². The van der Waals surface area contributed by atoms with E-state index >= 15 is 0 Å². The van der Waals surface area contributed by atoms with Crippen LogP contribution in [-0.2, 0) is 0 Å². The van der Waals surface area contributed by atoms with E-state index in [4.69, 9.17) is 23.2 Å². The minimum Gasteiger partial charge on any atom is -0.296 e. The van der Waals surface area contributed by atoms with Gasteiger partial charge in [-0.3, -0.25) is 10.1 Å². The molecule has 2 heterocycles. The van der Waals surface area contributed by atoms with Crippen molar-refractivity contribution in [3.8, 4) is 0 Å². The standard InChI is InChI=1S/C12H7Cl2N3OS2/c1-5-15-12(20-17-5)16-11(18)10-9(14)8-6(13)3-2-4-7(8)19-10/h2-4H,1H3,(H,15,16,17,18). The summed E-state index contributed by atoms with van der Waals surface area (Å²) in [6.07, 6.45) is 0. The molecule has 0 saturated carbocycles. The summed E-state index contributed by atoms with van der Waals surface area (Å²) < 4.78 is 4.88. The smallest absolute Gasteiger partial charge is 0.269 e. The predicted molar refractivity (Wildman–Crippen MR) is 84.4 cm³/mol. The number of amides is 1. The summed E-state index contributed by atoms with van der Waals surface area (Å²) in [4.78, 5) is 16.7. The molecule has 3 aromatic rings. The molecule has 0 aliphatic rings. The molecule has 0 bridgehead atoms. The molecule has 0 atom stereocenters. The molecule has 0 radical (unpaired) electrons. The van der Waals surface area contributed by atoms with E-state index in [9.17, 15) is 4.79 Å². The topological polar surface area (TPSA) is 54.9 Å². The molecule has 8 heteroatoms. The number of nitrogens with zero attached hydrogens (tertiary/aromatic N) is 2. The van der Waals surface area contributed by atoms with Gasteiger partial charge >= 0.3 is 0 Å². The van der Waals surface area contributed by atoms with E-state index < -0.39 is 0 Å². The van der Waals surface area contributed by atoms with Gasteiger partial charge in [0, 0.05) is 21.6 Å². The van der Waals surface area contributed by atoms with Gasteiger partial charge in [-0.25, -0.2) is 4.98 Å². The first-order valence-electron chi connectivity index (χ1n) is 5.54. The molecule has 102 valence electrons. The fourth-order valence-corrected chi connectivity index (χ4v) is 4.14. The van der Waals surface area contributed by atoms with E-state index in [1.54, 1.807) is 13.0 Å². The largest absolute Gasteiger partial charge is 0.296 e. The van der Waals surface area contributed by atoms with Gasteiger partial charge in [-0.05, 0) is 19.1 Å². The van der Waals surface area contributed by atoms with Gasteiger partial charge in [-0.2, -0.15) is 4.37 Å². The van der Waals surface area contributed by atoms with E-state index in [2.05, 4.69) is 14.7 Å². The first-order valence-corrected chi connectivity index (χ1v) is 7.89.